The third-order valence-corrected chi connectivity index (χ3v) is 5.50. The van der Waals surface area contributed by atoms with Crippen molar-refractivity contribution in [2.45, 2.75) is 69.6 Å². The molecule has 6 heteroatoms. The molecule has 1 heterocycles. The first-order valence-electron chi connectivity index (χ1n) is 9.72. The lowest BCUT2D eigenvalue weighted by molar-refractivity contribution is -0.128. The van der Waals surface area contributed by atoms with Gasteiger partial charge in [-0.05, 0) is 44.7 Å². The topological polar surface area (TPSA) is 82.3 Å². The molecule has 3 rings (SSSR count). The third kappa shape index (κ3) is 4.75. The molecule has 2 atom stereocenters. The van der Waals surface area contributed by atoms with Crippen molar-refractivity contribution >= 4 is 11.9 Å². The Balaban J connectivity index is 1.56. The monoisotopic (exact) mass is 358 g/mol. The van der Waals surface area contributed by atoms with E-state index in [2.05, 4.69) is 28.2 Å². The molecule has 1 aromatic rings. The summed E-state index contributed by atoms with van der Waals surface area (Å²) < 4.78 is 0. The van der Waals surface area contributed by atoms with Gasteiger partial charge in [0.2, 0.25) is 5.91 Å². The Labute approximate surface area is 155 Å². The van der Waals surface area contributed by atoms with E-state index in [4.69, 9.17) is 0 Å². The van der Waals surface area contributed by atoms with Crippen molar-refractivity contribution in [2.24, 2.45) is 0 Å². The summed E-state index contributed by atoms with van der Waals surface area (Å²) in [5.41, 5.74) is 0.269. The zero-order chi connectivity index (χ0) is 18.4. The lowest BCUT2D eigenvalue weighted by Crippen LogP contribution is -2.61. The van der Waals surface area contributed by atoms with E-state index in [-0.39, 0.29) is 18.0 Å². The minimum atomic E-state index is -0.769. The largest absolute Gasteiger partial charge is 0.351 e. The summed E-state index contributed by atoms with van der Waals surface area (Å²) in [6.07, 6.45) is 5.22. The smallest absolute Gasteiger partial charge is 0.315 e. The molecule has 0 bridgehead atoms. The van der Waals surface area contributed by atoms with Crippen LogP contribution < -0.4 is 21.3 Å². The maximum Gasteiger partial charge on any atom is 0.315 e. The Hall–Kier alpha value is -2.08. The lowest BCUT2D eigenvalue weighted by atomic mass is 9.94. The van der Waals surface area contributed by atoms with Crippen LogP contribution in [0.15, 0.2) is 30.3 Å². The van der Waals surface area contributed by atoms with Gasteiger partial charge >= 0.3 is 6.03 Å². The van der Waals surface area contributed by atoms with Crippen molar-refractivity contribution in [3.8, 4) is 0 Å². The zero-order valence-corrected chi connectivity index (χ0v) is 15.5. The predicted molar refractivity (Wildman–Crippen MR) is 102 cm³/mol. The number of hydrogen-bond acceptors (Lipinski definition) is 3. The second-order valence-electron chi connectivity index (χ2n) is 7.63. The Kier molecular flexibility index (Phi) is 6.14. The van der Waals surface area contributed by atoms with Crippen molar-refractivity contribution in [3.05, 3.63) is 35.9 Å². The number of benzene rings is 1. The Bertz CT molecular complexity index is 613. The molecule has 1 aliphatic carbocycles. The van der Waals surface area contributed by atoms with E-state index in [0.29, 0.717) is 25.4 Å². The molecular weight excluding hydrogens is 328 g/mol. The first-order chi connectivity index (χ1) is 12.6. The van der Waals surface area contributed by atoms with Crippen LogP contribution >= 0.6 is 0 Å². The standard InChI is InChI=1S/C20H30N4O2/c1-15-13-17(9-12-21-15)23-18(25)20(10-5-6-11-20)24-19(26)22-14-16-7-3-2-4-8-16/h2-4,7-8,15,17,21H,5-6,9-14H2,1H3,(H,23,25)(H2,22,24,26). The van der Waals surface area contributed by atoms with E-state index in [1.54, 1.807) is 0 Å². The normalized spacial score (nSPS) is 24.7. The van der Waals surface area contributed by atoms with Crippen LogP contribution in [-0.2, 0) is 11.3 Å². The highest BCUT2D eigenvalue weighted by Gasteiger charge is 2.43. The Morgan fingerprint density at radius 1 is 1.19 bits per heavy atom. The molecule has 4 N–H and O–H groups in total. The van der Waals surface area contributed by atoms with E-state index in [9.17, 15) is 9.59 Å². The highest BCUT2D eigenvalue weighted by molar-refractivity contribution is 5.91. The van der Waals surface area contributed by atoms with Crippen molar-refractivity contribution in [1.82, 2.24) is 21.3 Å². The van der Waals surface area contributed by atoms with Crippen LogP contribution in [0.2, 0.25) is 0 Å². The Morgan fingerprint density at radius 2 is 1.92 bits per heavy atom. The summed E-state index contributed by atoms with van der Waals surface area (Å²) in [7, 11) is 0. The SMILES string of the molecule is CC1CC(NC(=O)C2(NC(=O)NCc3ccccc3)CCCC2)CCN1. The highest BCUT2D eigenvalue weighted by Crippen LogP contribution is 2.30. The van der Waals surface area contributed by atoms with Crippen LogP contribution in [0.25, 0.3) is 0 Å². The van der Waals surface area contributed by atoms with Gasteiger partial charge in [-0.3, -0.25) is 4.79 Å². The van der Waals surface area contributed by atoms with Gasteiger partial charge in [0.05, 0.1) is 0 Å². The number of carbonyl (C=O) groups excluding carboxylic acids is 2. The van der Waals surface area contributed by atoms with Crippen molar-refractivity contribution in [3.63, 3.8) is 0 Å². The van der Waals surface area contributed by atoms with Crippen LogP contribution in [0.1, 0.15) is 51.0 Å². The molecule has 0 radical (unpaired) electrons. The summed E-state index contributed by atoms with van der Waals surface area (Å²) >= 11 is 0. The fourth-order valence-electron chi connectivity index (χ4n) is 4.01. The third-order valence-electron chi connectivity index (χ3n) is 5.50. The second-order valence-corrected chi connectivity index (χ2v) is 7.63. The quantitative estimate of drug-likeness (QED) is 0.650. The minimum Gasteiger partial charge on any atom is -0.351 e. The van der Waals surface area contributed by atoms with Crippen LogP contribution in [0.4, 0.5) is 4.79 Å². The summed E-state index contributed by atoms with van der Waals surface area (Å²) in [5.74, 6) is -0.0241. The van der Waals surface area contributed by atoms with Crippen LogP contribution in [0.5, 0.6) is 0 Å². The maximum absolute atomic E-state index is 13.0. The van der Waals surface area contributed by atoms with Gasteiger partial charge in [0.25, 0.3) is 0 Å². The predicted octanol–water partition coefficient (Wildman–Crippen LogP) is 2.06. The lowest BCUT2D eigenvalue weighted by Gasteiger charge is -2.34. The van der Waals surface area contributed by atoms with Crippen molar-refractivity contribution in [2.75, 3.05) is 6.54 Å². The molecular formula is C20H30N4O2. The molecule has 1 aliphatic heterocycles. The summed E-state index contributed by atoms with van der Waals surface area (Å²) in [6.45, 7) is 3.51. The summed E-state index contributed by atoms with van der Waals surface area (Å²) in [4.78, 5) is 25.4. The van der Waals surface area contributed by atoms with E-state index >= 15 is 0 Å². The van der Waals surface area contributed by atoms with Crippen LogP contribution in [0.3, 0.4) is 0 Å². The average molecular weight is 358 g/mol. The van der Waals surface area contributed by atoms with E-state index in [1.807, 2.05) is 30.3 Å². The number of piperidine rings is 1. The molecule has 1 saturated carbocycles. The molecule has 3 amide bonds. The van der Waals surface area contributed by atoms with Gasteiger partial charge in [0, 0.05) is 18.6 Å². The van der Waals surface area contributed by atoms with Gasteiger partial charge in [0.1, 0.15) is 5.54 Å². The molecule has 1 saturated heterocycles. The number of rotatable bonds is 5. The second kappa shape index (κ2) is 8.54. The number of urea groups is 1. The molecule has 2 fully saturated rings. The summed E-state index contributed by atoms with van der Waals surface area (Å²) in [6, 6.07) is 10.1. The number of hydrogen-bond donors (Lipinski definition) is 4. The molecule has 2 unspecified atom stereocenters. The van der Waals surface area contributed by atoms with Crippen molar-refractivity contribution in [1.29, 1.82) is 0 Å². The molecule has 1 aromatic carbocycles. The minimum absolute atomic E-state index is 0.0241. The van der Waals surface area contributed by atoms with E-state index in [1.165, 1.54) is 0 Å². The average Bonchev–Trinajstić information content (AvgIpc) is 3.11. The van der Waals surface area contributed by atoms with Crippen molar-refractivity contribution < 1.29 is 9.59 Å². The molecule has 0 aromatic heterocycles. The highest BCUT2D eigenvalue weighted by atomic mass is 16.2. The maximum atomic E-state index is 13.0. The first kappa shape index (κ1) is 18.7. The van der Waals surface area contributed by atoms with Crippen LogP contribution in [-0.4, -0.2) is 36.1 Å². The van der Waals surface area contributed by atoms with Gasteiger partial charge in [-0.2, -0.15) is 0 Å². The van der Waals surface area contributed by atoms with E-state index in [0.717, 1.165) is 37.8 Å². The molecule has 2 aliphatic rings. The van der Waals surface area contributed by atoms with Gasteiger partial charge in [-0.1, -0.05) is 43.2 Å². The molecule has 26 heavy (non-hydrogen) atoms. The molecule has 142 valence electrons. The van der Waals surface area contributed by atoms with Gasteiger partial charge in [0.15, 0.2) is 0 Å². The first-order valence-corrected chi connectivity index (χ1v) is 9.72. The zero-order valence-electron chi connectivity index (χ0n) is 15.5. The summed E-state index contributed by atoms with van der Waals surface area (Å²) in [5, 5.41) is 12.4. The molecule has 6 nitrogen and oxygen atoms in total. The van der Waals surface area contributed by atoms with Crippen LogP contribution in [0, 0.1) is 0 Å². The number of nitrogens with one attached hydrogen (secondary N) is 4. The molecule has 0 spiro atoms. The van der Waals surface area contributed by atoms with Gasteiger partial charge in [-0.15, -0.1) is 0 Å². The number of amides is 3. The van der Waals surface area contributed by atoms with Gasteiger partial charge < -0.3 is 21.3 Å². The van der Waals surface area contributed by atoms with E-state index < -0.39 is 5.54 Å². The fourth-order valence-corrected chi connectivity index (χ4v) is 4.01. The van der Waals surface area contributed by atoms with Gasteiger partial charge in [-0.25, -0.2) is 4.79 Å². The Morgan fingerprint density at radius 3 is 2.62 bits per heavy atom. The fraction of sp³-hybridized carbons (Fsp3) is 0.600. The number of carbonyl (C=O) groups is 2.